The smallest absolute Gasteiger partial charge is 0.269 e. The van der Waals surface area contributed by atoms with Gasteiger partial charge in [0.25, 0.3) is 5.69 Å². The van der Waals surface area contributed by atoms with Crippen LogP contribution in [-0.4, -0.2) is 47.9 Å². The van der Waals surface area contributed by atoms with Crippen molar-refractivity contribution in [3.8, 4) is 0 Å². The molecule has 2 atom stereocenters. The molecule has 0 aliphatic carbocycles. The number of benzene rings is 1. The van der Waals surface area contributed by atoms with E-state index in [2.05, 4.69) is 30.8 Å². The number of likely N-dealkylation sites (N-methyl/N-ethyl adjacent to an activating group) is 1. The number of hydrogen-bond donors (Lipinski definition) is 1. The summed E-state index contributed by atoms with van der Waals surface area (Å²) in [5.74, 6) is 0.588. The number of nitrogens with two attached hydrogens (primary N) is 1. The molecule has 1 heterocycles. The van der Waals surface area contributed by atoms with Gasteiger partial charge in [-0.05, 0) is 31.6 Å². The number of nitrogen functional groups attached to an aromatic ring is 1. The summed E-state index contributed by atoms with van der Waals surface area (Å²) in [4.78, 5) is 15.0. The highest BCUT2D eigenvalue weighted by molar-refractivity contribution is 5.52. The molecular formula is C14H22N4O2. The molecule has 0 bridgehead atoms. The molecule has 6 heteroatoms. The first-order valence-corrected chi connectivity index (χ1v) is 6.80. The molecule has 1 aromatic carbocycles. The molecule has 0 saturated carbocycles. The van der Waals surface area contributed by atoms with Gasteiger partial charge >= 0.3 is 0 Å². The van der Waals surface area contributed by atoms with Crippen LogP contribution in [0, 0.1) is 16.0 Å². The number of nitro benzene ring substituents is 1. The Balaban J connectivity index is 2.11. The number of rotatable bonds is 4. The fourth-order valence-corrected chi connectivity index (χ4v) is 2.93. The molecule has 0 radical (unpaired) electrons. The van der Waals surface area contributed by atoms with Crippen molar-refractivity contribution in [1.29, 1.82) is 0 Å². The lowest BCUT2D eigenvalue weighted by atomic mass is 10.1. The van der Waals surface area contributed by atoms with E-state index >= 15 is 0 Å². The molecule has 2 N–H and O–H groups in total. The predicted octanol–water partition coefficient (Wildman–Crippen LogP) is 1.56. The Labute approximate surface area is 119 Å². The summed E-state index contributed by atoms with van der Waals surface area (Å²) in [6, 6.07) is 5.18. The van der Waals surface area contributed by atoms with Crippen molar-refractivity contribution in [2.75, 3.05) is 32.9 Å². The molecular weight excluding hydrogens is 256 g/mol. The Morgan fingerprint density at radius 1 is 1.45 bits per heavy atom. The summed E-state index contributed by atoms with van der Waals surface area (Å²) < 4.78 is 0. The molecule has 0 aromatic heterocycles. The SMILES string of the molecule is CC1CN(Cc2cc([N+](=O)[O-])ccc2N)CC1N(C)C. The number of non-ortho nitro benzene ring substituents is 1. The Bertz CT molecular complexity index is 504. The number of likely N-dealkylation sites (tertiary alicyclic amines) is 1. The first-order chi connectivity index (χ1) is 9.38. The van der Waals surface area contributed by atoms with Crippen LogP contribution in [0.1, 0.15) is 12.5 Å². The molecule has 2 unspecified atom stereocenters. The van der Waals surface area contributed by atoms with Crippen molar-refractivity contribution in [3.63, 3.8) is 0 Å². The highest BCUT2D eigenvalue weighted by atomic mass is 16.6. The van der Waals surface area contributed by atoms with E-state index in [0.717, 1.165) is 18.7 Å². The minimum Gasteiger partial charge on any atom is -0.398 e. The summed E-state index contributed by atoms with van der Waals surface area (Å²) >= 11 is 0. The van der Waals surface area contributed by atoms with E-state index in [1.54, 1.807) is 12.1 Å². The fourth-order valence-electron chi connectivity index (χ4n) is 2.93. The Morgan fingerprint density at radius 3 is 2.70 bits per heavy atom. The Morgan fingerprint density at radius 2 is 2.15 bits per heavy atom. The molecule has 0 amide bonds. The molecule has 20 heavy (non-hydrogen) atoms. The average molecular weight is 278 g/mol. The van der Waals surface area contributed by atoms with Gasteiger partial charge in [-0.1, -0.05) is 6.92 Å². The largest absolute Gasteiger partial charge is 0.398 e. The van der Waals surface area contributed by atoms with Crippen LogP contribution in [0.25, 0.3) is 0 Å². The summed E-state index contributed by atoms with van der Waals surface area (Å²) in [5.41, 5.74) is 7.50. The number of anilines is 1. The van der Waals surface area contributed by atoms with E-state index in [1.165, 1.54) is 6.07 Å². The van der Waals surface area contributed by atoms with Crippen LogP contribution in [0.5, 0.6) is 0 Å². The van der Waals surface area contributed by atoms with Gasteiger partial charge in [0.15, 0.2) is 0 Å². The number of nitrogens with zero attached hydrogens (tertiary/aromatic N) is 3. The predicted molar refractivity (Wildman–Crippen MR) is 79.4 cm³/mol. The first-order valence-electron chi connectivity index (χ1n) is 6.80. The van der Waals surface area contributed by atoms with Crippen molar-refractivity contribution in [2.45, 2.75) is 19.5 Å². The second-order valence-corrected chi connectivity index (χ2v) is 5.84. The first kappa shape index (κ1) is 14.7. The highest BCUT2D eigenvalue weighted by Gasteiger charge is 2.31. The summed E-state index contributed by atoms with van der Waals surface area (Å²) in [5, 5.41) is 10.8. The standard InChI is InChI=1S/C14H22N4O2/c1-10-7-17(9-14(10)16(2)3)8-11-6-12(18(19)20)4-5-13(11)15/h4-6,10,14H,7-9,15H2,1-3H3. The van der Waals surface area contributed by atoms with Gasteiger partial charge in [-0.15, -0.1) is 0 Å². The van der Waals surface area contributed by atoms with Crippen molar-refractivity contribution < 1.29 is 4.92 Å². The molecule has 110 valence electrons. The quantitative estimate of drug-likeness (QED) is 0.514. The van der Waals surface area contributed by atoms with Crippen LogP contribution < -0.4 is 5.73 Å². The van der Waals surface area contributed by atoms with Crippen LogP contribution in [0.4, 0.5) is 11.4 Å². The van der Waals surface area contributed by atoms with Crippen molar-refractivity contribution in [2.24, 2.45) is 5.92 Å². The topological polar surface area (TPSA) is 75.6 Å². The summed E-state index contributed by atoms with van der Waals surface area (Å²) in [6.45, 7) is 4.87. The second kappa shape index (κ2) is 5.76. The number of nitro groups is 1. The zero-order chi connectivity index (χ0) is 14.9. The minimum atomic E-state index is -0.377. The lowest BCUT2D eigenvalue weighted by Gasteiger charge is -2.22. The van der Waals surface area contributed by atoms with Gasteiger partial charge in [-0.2, -0.15) is 0 Å². The van der Waals surface area contributed by atoms with Crippen LogP contribution in [-0.2, 0) is 6.54 Å². The second-order valence-electron chi connectivity index (χ2n) is 5.84. The van der Waals surface area contributed by atoms with Gasteiger partial charge in [-0.25, -0.2) is 0 Å². The zero-order valence-corrected chi connectivity index (χ0v) is 12.2. The maximum absolute atomic E-state index is 10.8. The molecule has 2 rings (SSSR count). The van der Waals surface area contributed by atoms with Crippen molar-refractivity contribution >= 4 is 11.4 Å². The van der Waals surface area contributed by atoms with Crippen molar-refractivity contribution in [1.82, 2.24) is 9.80 Å². The molecule has 6 nitrogen and oxygen atoms in total. The summed E-state index contributed by atoms with van der Waals surface area (Å²) in [7, 11) is 4.18. The third kappa shape index (κ3) is 3.08. The third-order valence-corrected chi connectivity index (χ3v) is 4.04. The normalized spacial score (nSPS) is 23.4. The van der Waals surface area contributed by atoms with E-state index in [1.807, 2.05) is 0 Å². The molecule has 0 spiro atoms. The maximum atomic E-state index is 10.8. The van der Waals surface area contributed by atoms with Gasteiger partial charge in [0.05, 0.1) is 4.92 Å². The van der Waals surface area contributed by atoms with Crippen LogP contribution in [0.2, 0.25) is 0 Å². The monoisotopic (exact) mass is 278 g/mol. The maximum Gasteiger partial charge on any atom is 0.269 e. The van der Waals surface area contributed by atoms with Crippen molar-refractivity contribution in [3.05, 3.63) is 33.9 Å². The summed E-state index contributed by atoms with van der Waals surface area (Å²) in [6.07, 6.45) is 0. The fraction of sp³-hybridized carbons (Fsp3) is 0.571. The average Bonchev–Trinajstić information content (AvgIpc) is 2.73. The van der Waals surface area contributed by atoms with Crippen LogP contribution in [0.3, 0.4) is 0 Å². The van der Waals surface area contributed by atoms with E-state index in [0.29, 0.717) is 24.2 Å². The lowest BCUT2D eigenvalue weighted by molar-refractivity contribution is -0.384. The van der Waals surface area contributed by atoms with E-state index in [4.69, 9.17) is 5.73 Å². The van der Waals surface area contributed by atoms with Gasteiger partial charge < -0.3 is 10.6 Å². The minimum absolute atomic E-state index is 0.102. The number of hydrogen-bond acceptors (Lipinski definition) is 5. The zero-order valence-electron chi connectivity index (χ0n) is 12.2. The molecule has 1 fully saturated rings. The molecule has 1 saturated heterocycles. The van der Waals surface area contributed by atoms with Crippen LogP contribution >= 0.6 is 0 Å². The Kier molecular flexibility index (Phi) is 4.25. The van der Waals surface area contributed by atoms with Gasteiger partial charge in [0, 0.05) is 43.5 Å². The van der Waals surface area contributed by atoms with E-state index in [9.17, 15) is 10.1 Å². The lowest BCUT2D eigenvalue weighted by Crippen LogP contribution is -2.34. The molecule has 1 aliphatic rings. The van der Waals surface area contributed by atoms with Crippen LogP contribution in [0.15, 0.2) is 18.2 Å². The highest BCUT2D eigenvalue weighted by Crippen LogP contribution is 2.25. The van der Waals surface area contributed by atoms with E-state index in [-0.39, 0.29) is 10.6 Å². The van der Waals surface area contributed by atoms with Gasteiger partial charge in [-0.3, -0.25) is 15.0 Å². The third-order valence-electron chi connectivity index (χ3n) is 4.04. The van der Waals surface area contributed by atoms with E-state index < -0.39 is 0 Å². The Hall–Kier alpha value is -1.66. The molecule has 1 aromatic rings. The van der Waals surface area contributed by atoms with Gasteiger partial charge in [0.1, 0.15) is 0 Å². The van der Waals surface area contributed by atoms with Gasteiger partial charge in [0.2, 0.25) is 0 Å². The molecule has 1 aliphatic heterocycles.